The predicted octanol–water partition coefficient (Wildman–Crippen LogP) is 0.733. The Morgan fingerprint density at radius 3 is 2.55 bits per heavy atom. The van der Waals surface area contributed by atoms with Gasteiger partial charge in [-0.25, -0.2) is 0 Å². The summed E-state index contributed by atoms with van der Waals surface area (Å²) >= 11 is 1.26. The van der Waals surface area contributed by atoms with Crippen molar-refractivity contribution >= 4 is 17.4 Å². The molecule has 0 radical (unpaired) electrons. The zero-order valence-corrected chi connectivity index (χ0v) is 7.57. The fraction of sp³-hybridized carbons (Fsp3) is 0.500. The van der Waals surface area contributed by atoms with E-state index in [0.717, 1.165) is 10.6 Å². The van der Waals surface area contributed by atoms with Gasteiger partial charge in [-0.2, -0.15) is 0 Å². The second kappa shape index (κ2) is 2.96. The fourth-order valence-electron chi connectivity index (χ4n) is 0.652. The van der Waals surface area contributed by atoms with E-state index in [4.69, 9.17) is 5.41 Å². The van der Waals surface area contributed by atoms with Crippen LogP contribution in [0.1, 0.15) is 10.6 Å². The molecule has 5 heteroatoms. The molecule has 0 aliphatic heterocycles. The van der Waals surface area contributed by atoms with E-state index in [-0.39, 0.29) is 0 Å². The van der Waals surface area contributed by atoms with Crippen molar-refractivity contribution in [3.8, 4) is 0 Å². The molecule has 0 aromatic carbocycles. The molecule has 0 saturated heterocycles. The van der Waals surface area contributed by atoms with E-state index >= 15 is 0 Å². The Kier molecular flexibility index (Phi) is 2.19. The summed E-state index contributed by atoms with van der Waals surface area (Å²) in [7, 11) is 3.67. The zero-order chi connectivity index (χ0) is 8.43. The van der Waals surface area contributed by atoms with Crippen LogP contribution in [0.25, 0.3) is 0 Å². The third kappa shape index (κ3) is 1.54. The number of hydrogen-bond donors (Lipinski definition) is 1. The molecule has 0 saturated carbocycles. The SMILES string of the molecule is Cc1nnsc1C(=N)N(C)C. The van der Waals surface area contributed by atoms with E-state index in [0.29, 0.717) is 5.84 Å². The largest absolute Gasteiger partial charge is 0.362 e. The summed E-state index contributed by atoms with van der Waals surface area (Å²) in [6, 6.07) is 0. The summed E-state index contributed by atoms with van der Waals surface area (Å²) in [4.78, 5) is 2.58. The van der Waals surface area contributed by atoms with Crippen molar-refractivity contribution < 1.29 is 0 Å². The van der Waals surface area contributed by atoms with Crippen LogP contribution in [0.15, 0.2) is 0 Å². The predicted molar refractivity (Wildman–Crippen MR) is 45.2 cm³/mol. The Morgan fingerprint density at radius 1 is 1.55 bits per heavy atom. The van der Waals surface area contributed by atoms with Gasteiger partial charge in [0.25, 0.3) is 0 Å². The molecule has 1 aromatic heterocycles. The Balaban J connectivity index is 2.93. The fourth-order valence-corrected chi connectivity index (χ4v) is 1.34. The van der Waals surface area contributed by atoms with Gasteiger partial charge in [0.1, 0.15) is 10.7 Å². The highest BCUT2D eigenvalue weighted by atomic mass is 32.1. The summed E-state index contributed by atoms with van der Waals surface area (Å²) < 4.78 is 3.75. The van der Waals surface area contributed by atoms with Crippen molar-refractivity contribution in [2.75, 3.05) is 14.1 Å². The van der Waals surface area contributed by atoms with Gasteiger partial charge in [-0.1, -0.05) is 4.49 Å². The number of aromatic nitrogens is 2. The molecule has 0 amide bonds. The maximum Gasteiger partial charge on any atom is 0.141 e. The molecule has 0 aliphatic rings. The maximum absolute atomic E-state index is 7.60. The molecule has 0 aliphatic carbocycles. The average molecular weight is 170 g/mol. The molecule has 1 aromatic rings. The van der Waals surface area contributed by atoms with Crippen LogP contribution in [0.5, 0.6) is 0 Å². The van der Waals surface area contributed by atoms with E-state index < -0.39 is 0 Å². The van der Waals surface area contributed by atoms with E-state index in [9.17, 15) is 0 Å². The molecule has 1 N–H and O–H groups in total. The molecule has 60 valence electrons. The Morgan fingerprint density at radius 2 is 2.18 bits per heavy atom. The number of aryl methyl sites for hydroxylation is 1. The minimum absolute atomic E-state index is 0.470. The van der Waals surface area contributed by atoms with E-state index in [1.165, 1.54) is 11.5 Å². The first-order valence-electron chi connectivity index (χ1n) is 3.18. The van der Waals surface area contributed by atoms with Crippen molar-refractivity contribution in [3.05, 3.63) is 10.6 Å². The first kappa shape index (κ1) is 8.13. The number of nitrogens with zero attached hydrogens (tertiary/aromatic N) is 3. The molecule has 1 heterocycles. The van der Waals surface area contributed by atoms with Crippen molar-refractivity contribution in [1.29, 1.82) is 5.41 Å². The number of rotatable bonds is 1. The standard InChI is InChI=1S/C6H10N4S/c1-4-5(11-9-8-4)6(7)10(2)3/h7H,1-3H3. The molecule has 0 fully saturated rings. The van der Waals surface area contributed by atoms with E-state index in [2.05, 4.69) is 9.59 Å². The smallest absolute Gasteiger partial charge is 0.141 e. The maximum atomic E-state index is 7.60. The summed E-state index contributed by atoms with van der Waals surface area (Å²) in [5.41, 5.74) is 0.828. The van der Waals surface area contributed by atoms with E-state index in [1.807, 2.05) is 21.0 Å². The van der Waals surface area contributed by atoms with Crippen LogP contribution in [0.4, 0.5) is 0 Å². The highest BCUT2D eigenvalue weighted by Gasteiger charge is 2.09. The van der Waals surface area contributed by atoms with Crippen LogP contribution in [-0.4, -0.2) is 34.4 Å². The topological polar surface area (TPSA) is 52.9 Å². The normalized spacial score (nSPS) is 9.73. The average Bonchev–Trinajstić information content (AvgIpc) is 2.33. The van der Waals surface area contributed by atoms with Gasteiger partial charge in [0.05, 0.1) is 5.69 Å². The third-order valence-electron chi connectivity index (χ3n) is 1.31. The monoisotopic (exact) mass is 170 g/mol. The number of hydrogen-bond acceptors (Lipinski definition) is 4. The second-order valence-corrected chi connectivity index (χ2v) is 3.18. The van der Waals surface area contributed by atoms with Crippen molar-refractivity contribution in [2.24, 2.45) is 0 Å². The van der Waals surface area contributed by atoms with Crippen LogP contribution in [0.2, 0.25) is 0 Å². The lowest BCUT2D eigenvalue weighted by Crippen LogP contribution is -2.21. The summed E-state index contributed by atoms with van der Waals surface area (Å²) in [5, 5.41) is 11.4. The van der Waals surface area contributed by atoms with Crippen LogP contribution in [-0.2, 0) is 0 Å². The van der Waals surface area contributed by atoms with Gasteiger partial charge in [0.15, 0.2) is 0 Å². The molecule has 0 bridgehead atoms. The van der Waals surface area contributed by atoms with Crippen LogP contribution >= 0.6 is 11.5 Å². The van der Waals surface area contributed by atoms with Gasteiger partial charge in [0, 0.05) is 14.1 Å². The van der Waals surface area contributed by atoms with Gasteiger partial charge in [-0.05, 0) is 18.5 Å². The first-order chi connectivity index (χ1) is 5.13. The highest BCUT2D eigenvalue weighted by Crippen LogP contribution is 2.10. The first-order valence-corrected chi connectivity index (χ1v) is 3.95. The van der Waals surface area contributed by atoms with Crippen LogP contribution in [0.3, 0.4) is 0 Å². The van der Waals surface area contributed by atoms with Gasteiger partial charge in [-0.15, -0.1) is 5.10 Å². The molecular formula is C6H10N4S. The molecule has 11 heavy (non-hydrogen) atoms. The number of nitrogens with one attached hydrogen (secondary N) is 1. The van der Waals surface area contributed by atoms with Crippen molar-refractivity contribution in [1.82, 2.24) is 14.5 Å². The third-order valence-corrected chi connectivity index (χ3v) is 2.15. The molecule has 1 rings (SSSR count). The summed E-state index contributed by atoms with van der Waals surface area (Å²) in [5.74, 6) is 0.470. The van der Waals surface area contributed by atoms with Gasteiger partial charge in [-0.3, -0.25) is 5.41 Å². The second-order valence-electron chi connectivity index (χ2n) is 2.43. The lowest BCUT2D eigenvalue weighted by Gasteiger charge is -2.10. The molecular weight excluding hydrogens is 160 g/mol. The van der Waals surface area contributed by atoms with Crippen molar-refractivity contribution in [3.63, 3.8) is 0 Å². The van der Waals surface area contributed by atoms with Gasteiger partial charge in [0.2, 0.25) is 0 Å². The minimum Gasteiger partial charge on any atom is -0.362 e. The van der Waals surface area contributed by atoms with Crippen molar-refractivity contribution in [2.45, 2.75) is 6.92 Å². The van der Waals surface area contributed by atoms with Gasteiger partial charge < -0.3 is 4.90 Å². The van der Waals surface area contributed by atoms with E-state index in [1.54, 1.807) is 4.90 Å². The summed E-state index contributed by atoms with van der Waals surface area (Å²) in [6.07, 6.45) is 0. The van der Waals surface area contributed by atoms with Gasteiger partial charge >= 0.3 is 0 Å². The Bertz CT molecular complexity index is 265. The quantitative estimate of drug-likeness (QED) is 0.499. The molecule has 0 spiro atoms. The van der Waals surface area contributed by atoms with Crippen LogP contribution < -0.4 is 0 Å². The number of amidine groups is 1. The van der Waals surface area contributed by atoms with Crippen LogP contribution in [0, 0.1) is 12.3 Å². The Hall–Kier alpha value is -0.970. The summed E-state index contributed by atoms with van der Waals surface area (Å²) in [6.45, 7) is 1.86. The lowest BCUT2D eigenvalue weighted by atomic mass is 10.3. The molecule has 0 unspecified atom stereocenters. The Labute approximate surface area is 69.5 Å². The minimum atomic E-state index is 0.470. The molecule has 4 nitrogen and oxygen atoms in total. The zero-order valence-electron chi connectivity index (χ0n) is 6.75. The lowest BCUT2D eigenvalue weighted by molar-refractivity contribution is 0.620. The molecule has 0 atom stereocenters. The highest BCUT2D eigenvalue weighted by molar-refractivity contribution is 7.08.